The molecule has 0 saturated carbocycles. The quantitative estimate of drug-likeness (QED) is 0.667. The third-order valence-corrected chi connectivity index (χ3v) is 5.49. The maximum absolute atomic E-state index is 13.3. The molecule has 0 unspecified atom stereocenters. The fraction of sp³-hybridized carbons (Fsp3) is 0.348. The Hall–Kier alpha value is -2.59. The van der Waals surface area contributed by atoms with E-state index in [2.05, 4.69) is 0 Å². The molecule has 0 saturated heterocycles. The zero-order chi connectivity index (χ0) is 19.6. The molecule has 0 amide bonds. The lowest BCUT2D eigenvalue weighted by molar-refractivity contribution is 0.361. The van der Waals surface area contributed by atoms with Crippen molar-refractivity contribution in [1.82, 2.24) is 0 Å². The third kappa shape index (κ3) is 3.15. The summed E-state index contributed by atoms with van der Waals surface area (Å²) in [4.78, 5) is 13.3. The third-order valence-electron chi connectivity index (χ3n) is 5.49. The molecule has 0 radical (unpaired) electrons. The van der Waals surface area contributed by atoms with Gasteiger partial charge in [-0.3, -0.25) is 4.79 Å². The van der Waals surface area contributed by atoms with Crippen molar-refractivity contribution in [2.24, 2.45) is 5.73 Å². The van der Waals surface area contributed by atoms with Gasteiger partial charge < -0.3 is 14.9 Å². The standard InChI is InChI=1S/C23H27NO3/c1-5-16-20(25)17-13-14-18(26-4)19(23(24,6-2)7-3)22(17)27-21(16)15-11-9-8-10-12-15/h8-14H,5-7,24H2,1-4H3. The summed E-state index contributed by atoms with van der Waals surface area (Å²) in [5, 5.41) is 0.555. The molecule has 0 aliphatic carbocycles. The number of rotatable bonds is 6. The SMILES string of the molecule is CCc1c(-c2ccccc2)oc2c(C(N)(CC)CC)c(OC)ccc2c1=O. The lowest BCUT2D eigenvalue weighted by atomic mass is 9.83. The molecule has 0 atom stereocenters. The molecular weight excluding hydrogens is 338 g/mol. The minimum atomic E-state index is -0.636. The second-order valence-corrected chi connectivity index (χ2v) is 6.84. The van der Waals surface area contributed by atoms with Crippen molar-refractivity contribution in [2.75, 3.05) is 7.11 Å². The first-order valence-electron chi connectivity index (χ1n) is 9.52. The fourth-order valence-corrected chi connectivity index (χ4v) is 3.67. The van der Waals surface area contributed by atoms with Gasteiger partial charge >= 0.3 is 0 Å². The molecule has 4 heteroatoms. The highest BCUT2D eigenvalue weighted by molar-refractivity contribution is 5.86. The smallest absolute Gasteiger partial charge is 0.196 e. The van der Waals surface area contributed by atoms with Gasteiger partial charge in [0, 0.05) is 16.7 Å². The van der Waals surface area contributed by atoms with E-state index in [9.17, 15) is 4.79 Å². The molecule has 3 aromatic rings. The molecule has 4 nitrogen and oxygen atoms in total. The molecule has 2 N–H and O–H groups in total. The largest absolute Gasteiger partial charge is 0.496 e. The molecule has 3 rings (SSSR count). The molecule has 2 aromatic carbocycles. The van der Waals surface area contributed by atoms with Crippen LogP contribution in [-0.4, -0.2) is 7.11 Å². The molecule has 0 fully saturated rings. The Morgan fingerprint density at radius 2 is 1.70 bits per heavy atom. The van der Waals surface area contributed by atoms with Gasteiger partial charge in [0.1, 0.15) is 17.1 Å². The van der Waals surface area contributed by atoms with E-state index in [0.29, 0.717) is 47.3 Å². The van der Waals surface area contributed by atoms with E-state index < -0.39 is 5.54 Å². The summed E-state index contributed by atoms with van der Waals surface area (Å²) in [6.45, 7) is 6.05. The van der Waals surface area contributed by atoms with Crippen LogP contribution in [0.3, 0.4) is 0 Å². The maximum atomic E-state index is 13.3. The van der Waals surface area contributed by atoms with Crippen LogP contribution < -0.4 is 15.9 Å². The maximum Gasteiger partial charge on any atom is 0.196 e. The first kappa shape index (κ1) is 19.2. The van der Waals surface area contributed by atoms with Gasteiger partial charge in [-0.15, -0.1) is 0 Å². The first-order valence-corrected chi connectivity index (χ1v) is 9.52. The van der Waals surface area contributed by atoms with E-state index in [4.69, 9.17) is 14.9 Å². The number of hydrogen-bond donors (Lipinski definition) is 1. The summed E-state index contributed by atoms with van der Waals surface area (Å²) in [7, 11) is 1.62. The Morgan fingerprint density at radius 3 is 2.26 bits per heavy atom. The van der Waals surface area contributed by atoms with Crippen molar-refractivity contribution in [3.05, 3.63) is 63.8 Å². The summed E-state index contributed by atoms with van der Waals surface area (Å²) in [5.41, 5.74) is 8.95. The van der Waals surface area contributed by atoms with Crippen LogP contribution in [0.25, 0.3) is 22.3 Å². The van der Waals surface area contributed by atoms with E-state index in [0.717, 1.165) is 11.1 Å². The molecule has 1 aromatic heterocycles. The number of methoxy groups -OCH3 is 1. The molecule has 0 aliphatic rings. The van der Waals surface area contributed by atoms with Gasteiger partial charge in [0.2, 0.25) is 0 Å². The topological polar surface area (TPSA) is 65.5 Å². The number of nitrogens with two attached hydrogens (primary N) is 1. The van der Waals surface area contributed by atoms with Gasteiger partial charge in [0.15, 0.2) is 5.43 Å². The highest BCUT2D eigenvalue weighted by Gasteiger charge is 2.31. The zero-order valence-electron chi connectivity index (χ0n) is 16.5. The summed E-state index contributed by atoms with van der Waals surface area (Å²) >= 11 is 0. The van der Waals surface area contributed by atoms with E-state index in [1.807, 2.05) is 57.2 Å². The molecule has 1 heterocycles. The molecule has 0 aliphatic heterocycles. The number of hydrogen-bond acceptors (Lipinski definition) is 4. The summed E-state index contributed by atoms with van der Waals surface area (Å²) in [6.07, 6.45) is 2.01. The van der Waals surface area contributed by atoms with Crippen LogP contribution in [0.4, 0.5) is 0 Å². The number of ether oxygens (including phenoxy) is 1. The normalized spacial score (nSPS) is 11.7. The molecule has 0 bridgehead atoms. The number of fused-ring (bicyclic) bond motifs is 1. The van der Waals surface area contributed by atoms with Gasteiger partial charge in [0.05, 0.1) is 18.1 Å². The van der Waals surface area contributed by atoms with Crippen molar-refractivity contribution < 1.29 is 9.15 Å². The van der Waals surface area contributed by atoms with Crippen molar-refractivity contribution >= 4 is 11.0 Å². The average Bonchev–Trinajstić information content (AvgIpc) is 2.72. The van der Waals surface area contributed by atoms with Crippen molar-refractivity contribution in [3.8, 4) is 17.1 Å². The Bertz CT molecular complexity index is 1000. The lowest BCUT2D eigenvalue weighted by Crippen LogP contribution is -2.36. The van der Waals surface area contributed by atoms with E-state index in [-0.39, 0.29) is 5.43 Å². The Kier molecular flexibility index (Phi) is 5.38. The highest BCUT2D eigenvalue weighted by atomic mass is 16.5. The van der Waals surface area contributed by atoms with E-state index in [1.54, 1.807) is 13.2 Å². The lowest BCUT2D eigenvalue weighted by Gasteiger charge is -2.29. The average molecular weight is 365 g/mol. The summed E-state index contributed by atoms with van der Waals surface area (Å²) in [5.74, 6) is 1.26. The van der Waals surface area contributed by atoms with Gasteiger partial charge in [-0.1, -0.05) is 51.1 Å². The minimum absolute atomic E-state index is 0.00365. The molecular formula is C23H27NO3. The zero-order valence-corrected chi connectivity index (χ0v) is 16.5. The molecule has 142 valence electrons. The second kappa shape index (κ2) is 7.57. The Morgan fingerprint density at radius 1 is 1.04 bits per heavy atom. The van der Waals surface area contributed by atoms with Gasteiger partial charge in [-0.2, -0.15) is 0 Å². The van der Waals surface area contributed by atoms with Crippen LogP contribution in [0.15, 0.2) is 51.7 Å². The molecule has 0 spiro atoms. The predicted octanol–water partition coefficient (Wildman–Crippen LogP) is 5.01. The van der Waals surface area contributed by atoms with Gasteiger partial charge in [0.25, 0.3) is 0 Å². The fourth-order valence-electron chi connectivity index (χ4n) is 3.67. The van der Waals surface area contributed by atoms with Crippen LogP contribution in [0.1, 0.15) is 44.7 Å². The van der Waals surface area contributed by atoms with E-state index >= 15 is 0 Å². The predicted molar refractivity (Wildman–Crippen MR) is 110 cm³/mol. The van der Waals surface area contributed by atoms with E-state index in [1.165, 1.54) is 0 Å². The van der Waals surface area contributed by atoms with Crippen molar-refractivity contribution in [2.45, 2.75) is 45.6 Å². The van der Waals surface area contributed by atoms with Gasteiger partial charge in [-0.25, -0.2) is 0 Å². The minimum Gasteiger partial charge on any atom is -0.496 e. The van der Waals surface area contributed by atoms with Crippen LogP contribution in [0, 0.1) is 0 Å². The van der Waals surface area contributed by atoms with Crippen molar-refractivity contribution in [1.29, 1.82) is 0 Å². The Balaban J connectivity index is 2.49. The number of benzene rings is 2. The van der Waals surface area contributed by atoms with Crippen LogP contribution in [0.2, 0.25) is 0 Å². The Labute approximate surface area is 160 Å². The van der Waals surface area contributed by atoms with Crippen LogP contribution >= 0.6 is 0 Å². The van der Waals surface area contributed by atoms with Gasteiger partial charge in [-0.05, 0) is 31.4 Å². The van der Waals surface area contributed by atoms with Crippen molar-refractivity contribution in [3.63, 3.8) is 0 Å². The highest BCUT2D eigenvalue weighted by Crippen LogP contribution is 2.40. The first-order chi connectivity index (χ1) is 13.0. The van der Waals surface area contributed by atoms with Crippen LogP contribution in [0.5, 0.6) is 5.75 Å². The summed E-state index contributed by atoms with van der Waals surface area (Å²) in [6, 6.07) is 13.3. The van der Waals surface area contributed by atoms with Crippen LogP contribution in [-0.2, 0) is 12.0 Å². The monoisotopic (exact) mass is 365 g/mol. The second-order valence-electron chi connectivity index (χ2n) is 6.84. The molecule has 27 heavy (non-hydrogen) atoms. The summed E-state index contributed by atoms with van der Waals surface area (Å²) < 4.78 is 12.0.